The van der Waals surface area contributed by atoms with E-state index in [-0.39, 0.29) is 5.69 Å². The number of aryl methyl sites for hydroxylation is 1. The van der Waals surface area contributed by atoms with E-state index in [0.717, 1.165) is 10.5 Å². The van der Waals surface area contributed by atoms with E-state index in [1.165, 1.54) is 17.8 Å². The van der Waals surface area contributed by atoms with E-state index in [1.807, 2.05) is 30.3 Å². The molecule has 0 radical (unpaired) electrons. The Morgan fingerprint density at radius 2 is 2.00 bits per heavy atom. The lowest BCUT2D eigenvalue weighted by Gasteiger charge is -2.06. The summed E-state index contributed by atoms with van der Waals surface area (Å²) >= 11 is 1.50. The lowest BCUT2D eigenvalue weighted by molar-refractivity contribution is -0.385. The fraction of sp³-hybridized carbons (Fsp3) is 0.125. The highest BCUT2D eigenvalue weighted by molar-refractivity contribution is 7.98. The van der Waals surface area contributed by atoms with Crippen LogP contribution < -0.4 is 0 Å². The fourth-order valence-electron chi connectivity index (χ4n) is 2.06. The molecule has 1 aromatic heterocycles. The molecule has 0 aliphatic rings. The van der Waals surface area contributed by atoms with Crippen LogP contribution >= 0.6 is 11.8 Å². The van der Waals surface area contributed by atoms with Crippen molar-refractivity contribution in [2.75, 3.05) is 0 Å². The second kappa shape index (κ2) is 6.62. The van der Waals surface area contributed by atoms with Crippen molar-refractivity contribution < 1.29 is 9.45 Å². The molecular formula is C16H13N3O3S. The van der Waals surface area contributed by atoms with Gasteiger partial charge in [0.05, 0.1) is 10.5 Å². The van der Waals surface area contributed by atoms with Crippen LogP contribution in [0.3, 0.4) is 0 Å². The van der Waals surface area contributed by atoms with Crippen LogP contribution in [-0.4, -0.2) is 15.1 Å². The number of hydrogen-bond donors (Lipinski definition) is 0. The smallest absolute Gasteiger partial charge is 0.270 e. The Bertz CT molecular complexity index is 834. The first kappa shape index (κ1) is 15.2. The number of hydrogen-bond acceptors (Lipinski definition) is 6. The molecule has 2 aromatic carbocycles. The molecule has 0 unspecified atom stereocenters. The molecule has 1 heterocycles. The highest BCUT2D eigenvalue weighted by Crippen LogP contribution is 2.35. The Kier molecular flexibility index (Phi) is 4.38. The van der Waals surface area contributed by atoms with Gasteiger partial charge in [-0.3, -0.25) is 10.1 Å². The zero-order valence-corrected chi connectivity index (χ0v) is 13.1. The first-order valence-corrected chi connectivity index (χ1v) is 7.88. The summed E-state index contributed by atoms with van der Waals surface area (Å²) in [5, 5.41) is 14.8. The molecule has 116 valence electrons. The number of non-ortho nitro benzene ring substituents is 1. The van der Waals surface area contributed by atoms with Crippen molar-refractivity contribution in [1.82, 2.24) is 10.1 Å². The number of nitro groups is 1. The van der Waals surface area contributed by atoms with Crippen LogP contribution in [0, 0.1) is 17.0 Å². The van der Waals surface area contributed by atoms with Gasteiger partial charge in [0.15, 0.2) is 5.82 Å². The van der Waals surface area contributed by atoms with Crippen molar-refractivity contribution in [3.63, 3.8) is 0 Å². The van der Waals surface area contributed by atoms with Crippen LogP contribution in [-0.2, 0) is 5.75 Å². The van der Waals surface area contributed by atoms with Crippen LogP contribution in [0.25, 0.3) is 11.5 Å². The van der Waals surface area contributed by atoms with Crippen LogP contribution in [0.5, 0.6) is 0 Å². The van der Waals surface area contributed by atoms with Gasteiger partial charge < -0.3 is 4.52 Å². The van der Waals surface area contributed by atoms with Crippen molar-refractivity contribution >= 4 is 17.4 Å². The third kappa shape index (κ3) is 3.57. The molecule has 0 atom stereocenters. The molecule has 0 saturated heterocycles. The second-order valence-electron chi connectivity index (χ2n) is 4.86. The van der Waals surface area contributed by atoms with E-state index in [2.05, 4.69) is 10.1 Å². The van der Waals surface area contributed by atoms with Crippen molar-refractivity contribution in [3.05, 3.63) is 70.0 Å². The Labute approximate surface area is 136 Å². The fourth-order valence-corrected chi connectivity index (χ4v) is 3.09. The van der Waals surface area contributed by atoms with Gasteiger partial charge in [0.1, 0.15) is 0 Å². The van der Waals surface area contributed by atoms with Crippen molar-refractivity contribution in [2.24, 2.45) is 0 Å². The third-order valence-electron chi connectivity index (χ3n) is 3.17. The minimum Gasteiger partial charge on any atom is -0.334 e. The number of nitrogens with zero attached hydrogens (tertiary/aromatic N) is 3. The molecule has 6 nitrogen and oxygen atoms in total. The average Bonchev–Trinajstić information content (AvgIpc) is 3.00. The first-order chi connectivity index (χ1) is 11.1. The Morgan fingerprint density at radius 3 is 2.65 bits per heavy atom. The van der Waals surface area contributed by atoms with Crippen LogP contribution in [0.2, 0.25) is 0 Å². The summed E-state index contributed by atoms with van der Waals surface area (Å²) in [5.74, 6) is 1.59. The highest BCUT2D eigenvalue weighted by Gasteiger charge is 2.16. The third-order valence-corrected chi connectivity index (χ3v) is 4.30. The van der Waals surface area contributed by atoms with E-state index in [0.29, 0.717) is 23.0 Å². The number of aromatic nitrogens is 2. The van der Waals surface area contributed by atoms with Crippen LogP contribution in [0.15, 0.2) is 57.9 Å². The Balaban J connectivity index is 1.94. The Hall–Kier alpha value is -2.67. The summed E-state index contributed by atoms with van der Waals surface area (Å²) in [4.78, 5) is 15.6. The van der Waals surface area contributed by atoms with Gasteiger partial charge in [-0.1, -0.05) is 35.5 Å². The molecule has 0 aliphatic carbocycles. The number of nitro benzene ring substituents is 1. The maximum Gasteiger partial charge on any atom is 0.270 e. The minimum atomic E-state index is -0.407. The molecule has 23 heavy (non-hydrogen) atoms. The summed E-state index contributed by atoms with van der Waals surface area (Å²) in [5.41, 5.74) is 1.88. The summed E-state index contributed by atoms with van der Waals surface area (Å²) in [6.45, 7) is 1.73. The van der Waals surface area contributed by atoms with Crippen LogP contribution in [0.4, 0.5) is 5.69 Å². The maximum atomic E-state index is 11.0. The summed E-state index contributed by atoms with van der Waals surface area (Å²) < 4.78 is 5.20. The van der Waals surface area contributed by atoms with E-state index in [1.54, 1.807) is 19.1 Å². The highest BCUT2D eigenvalue weighted by atomic mass is 32.2. The number of rotatable bonds is 5. The molecule has 7 heteroatoms. The van der Waals surface area contributed by atoms with Gasteiger partial charge in [-0.25, -0.2) is 0 Å². The van der Waals surface area contributed by atoms with Gasteiger partial charge in [-0.05, 0) is 18.6 Å². The SMILES string of the molecule is Cc1noc(-c2ccc([N+](=O)[O-])cc2SCc2ccccc2)n1. The van der Waals surface area contributed by atoms with Crippen LogP contribution in [0.1, 0.15) is 11.4 Å². The molecule has 3 aromatic rings. The molecule has 0 aliphatic heterocycles. The average molecular weight is 327 g/mol. The van der Waals surface area contributed by atoms with Gasteiger partial charge in [0, 0.05) is 22.8 Å². The van der Waals surface area contributed by atoms with Gasteiger partial charge in [0.25, 0.3) is 11.6 Å². The summed E-state index contributed by atoms with van der Waals surface area (Å²) in [6, 6.07) is 14.6. The number of benzene rings is 2. The Morgan fingerprint density at radius 1 is 1.22 bits per heavy atom. The molecule has 0 bridgehead atoms. The van der Waals surface area contributed by atoms with E-state index in [4.69, 9.17) is 4.52 Å². The monoisotopic (exact) mass is 327 g/mol. The first-order valence-electron chi connectivity index (χ1n) is 6.89. The predicted octanol–water partition coefficient (Wildman–Crippen LogP) is 4.25. The zero-order valence-electron chi connectivity index (χ0n) is 12.3. The molecule has 3 rings (SSSR count). The molecule has 0 N–H and O–H groups in total. The second-order valence-corrected chi connectivity index (χ2v) is 5.88. The van der Waals surface area contributed by atoms with Gasteiger partial charge >= 0.3 is 0 Å². The summed E-state index contributed by atoms with van der Waals surface area (Å²) in [7, 11) is 0. The number of thioether (sulfide) groups is 1. The van der Waals surface area contributed by atoms with E-state index < -0.39 is 4.92 Å². The molecule has 0 saturated carbocycles. The largest absolute Gasteiger partial charge is 0.334 e. The molecule has 0 fully saturated rings. The molecule has 0 amide bonds. The lowest BCUT2D eigenvalue weighted by atomic mass is 10.2. The van der Waals surface area contributed by atoms with Gasteiger partial charge in [0.2, 0.25) is 0 Å². The minimum absolute atomic E-state index is 0.0422. The molecule has 0 spiro atoms. The zero-order chi connectivity index (χ0) is 16.2. The normalized spacial score (nSPS) is 10.7. The van der Waals surface area contributed by atoms with Gasteiger partial charge in [-0.2, -0.15) is 4.98 Å². The standard InChI is InChI=1S/C16H13N3O3S/c1-11-17-16(22-18-11)14-8-7-13(19(20)21)9-15(14)23-10-12-5-3-2-4-6-12/h2-9H,10H2,1H3. The van der Waals surface area contributed by atoms with Crippen molar-refractivity contribution in [1.29, 1.82) is 0 Å². The van der Waals surface area contributed by atoms with Gasteiger partial charge in [-0.15, -0.1) is 11.8 Å². The quantitative estimate of drug-likeness (QED) is 0.396. The maximum absolute atomic E-state index is 11.0. The topological polar surface area (TPSA) is 82.1 Å². The van der Waals surface area contributed by atoms with E-state index >= 15 is 0 Å². The lowest BCUT2D eigenvalue weighted by Crippen LogP contribution is -1.91. The predicted molar refractivity (Wildman–Crippen MR) is 87.1 cm³/mol. The van der Waals surface area contributed by atoms with E-state index in [9.17, 15) is 10.1 Å². The van der Waals surface area contributed by atoms with Crippen molar-refractivity contribution in [2.45, 2.75) is 17.6 Å². The molecular weight excluding hydrogens is 314 g/mol. The van der Waals surface area contributed by atoms with Crippen molar-refractivity contribution in [3.8, 4) is 11.5 Å². The summed E-state index contributed by atoms with van der Waals surface area (Å²) in [6.07, 6.45) is 0.